The van der Waals surface area contributed by atoms with Crippen molar-refractivity contribution < 1.29 is 8.81 Å². The largest absolute Gasteiger partial charge is 0.437 e. The van der Waals surface area contributed by atoms with Crippen molar-refractivity contribution in [3.05, 3.63) is 83.9 Å². The van der Waals surface area contributed by atoms with Gasteiger partial charge in [0.15, 0.2) is 0 Å². The molecular formula is C24H17FN2O. The molecule has 0 aliphatic carbocycles. The van der Waals surface area contributed by atoms with Crippen molar-refractivity contribution in [3.8, 4) is 22.4 Å². The molecule has 136 valence electrons. The predicted octanol–water partition coefficient (Wildman–Crippen LogP) is 6.47. The normalized spacial score (nSPS) is 11.4. The fraction of sp³-hybridized carbons (Fsp3) is 0.0833. The van der Waals surface area contributed by atoms with Gasteiger partial charge in [-0.15, -0.1) is 0 Å². The van der Waals surface area contributed by atoms with Crippen molar-refractivity contribution in [1.82, 2.24) is 9.97 Å². The fourth-order valence-corrected chi connectivity index (χ4v) is 3.64. The molecule has 2 aromatic carbocycles. The highest BCUT2D eigenvalue weighted by Gasteiger charge is 2.16. The van der Waals surface area contributed by atoms with Gasteiger partial charge in [-0.05, 0) is 66.9 Å². The van der Waals surface area contributed by atoms with Crippen molar-refractivity contribution in [3.63, 3.8) is 0 Å². The van der Waals surface area contributed by atoms with Crippen LogP contribution in [-0.4, -0.2) is 9.97 Å². The average molecular weight is 368 g/mol. The van der Waals surface area contributed by atoms with E-state index in [4.69, 9.17) is 4.42 Å². The van der Waals surface area contributed by atoms with Gasteiger partial charge in [-0.2, -0.15) is 0 Å². The van der Waals surface area contributed by atoms with Crippen LogP contribution in [0.3, 0.4) is 0 Å². The summed E-state index contributed by atoms with van der Waals surface area (Å²) in [4.78, 5) is 9.11. The van der Waals surface area contributed by atoms with Crippen LogP contribution >= 0.6 is 0 Å². The van der Waals surface area contributed by atoms with E-state index in [0.29, 0.717) is 5.71 Å². The van der Waals surface area contributed by atoms with Gasteiger partial charge in [-0.25, -0.2) is 9.37 Å². The van der Waals surface area contributed by atoms with E-state index >= 15 is 0 Å². The monoisotopic (exact) mass is 368 g/mol. The summed E-state index contributed by atoms with van der Waals surface area (Å²) in [6.07, 6.45) is 1.75. The molecule has 0 N–H and O–H groups in total. The number of aryl methyl sites for hydroxylation is 2. The van der Waals surface area contributed by atoms with E-state index in [2.05, 4.69) is 22.1 Å². The van der Waals surface area contributed by atoms with Gasteiger partial charge < -0.3 is 4.42 Å². The Labute approximate surface area is 161 Å². The van der Waals surface area contributed by atoms with Gasteiger partial charge in [0.2, 0.25) is 5.71 Å². The molecule has 0 aliphatic rings. The second-order valence-electron chi connectivity index (χ2n) is 6.98. The number of furan rings is 1. The first-order chi connectivity index (χ1) is 13.6. The minimum absolute atomic E-state index is 0.257. The van der Waals surface area contributed by atoms with Crippen LogP contribution in [0.2, 0.25) is 0 Å². The van der Waals surface area contributed by atoms with Crippen molar-refractivity contribution in [1.29, 1.82) is 0 Å². The Balaban J connectivity index is 1.76. The van der Waals surface area contributed by atoms with E-state index in [1.165, 1.54) is 12.1 Å². The van der Waals surface area contributed by atoms with Crippen LogP contribution in [0.1, 0.15) is 11.3 Å². The second kappa shape index (κ2) is 6.27. The molecule has 5 aromatic rings. The van der Waals surface area contributed by atoms with E-state index in [1.807, 2.05) is 44.2 Å². The summed E-state index contributed by atoms with van der Waals surface area (Å²) >= 11 is 0. The molecule has 3 heterocycles. The lowest BCUT2D eigenvalue weighted by atomic mass is 9.98. The SMILES string of the molecule is Cc1ccc2c(n1)oc1c(-c3cc(-c4cccc(F)c4)ccn3)c(C)ccc12. The van der Waals surface area contributed by atoms with Gasteiger partial charge in [0.25, 0.3) is 0 Å². The van der Waals surface area contributed by atoms with Gasteiger partial charge >= 0.3 is 0 Å². The zero-order chi connectivity index (χ0) is 19.3. The number of rotatable bonds is 2. The molecule has 0 spiro atoms. The molecule has 28 heavy (non-hydrogen) atoms. The third-order valence-corrected chi connectivity index (χ3v) is 5.03. The number of pyridine rings is 2. The zero-order valence-corrected chi connectivity index (χ0v) is 15.5. The molecule has 0 saturated heterocycles. The molecule has 5 rings (SSSR count). The number of benzene rings is 2. The lowest BCUT2D eigenvalue weighted by molar-refractivity contribution is 0.628. The Hall–Kier alpha value is -3.53. The molecular weight excluding hydrogens is 351 g/mol. The topological polar surface area (TPSA) is 38.9 Å². The fourth-order valence-electron chi connectivity index (χ4n) is 3.64. The van der Waals surface area contributed by atoms with Gasteiger partial charge in [-0.1, -0.05) is 24.3 Å². The van der Waals surface area contributed by atoms with Crippen molar-refractivity contribution >= 4 is 22.1 Å². The molecule has 0 radical (unpaired) electrons. The summed E-state index contributed by atoms with van der Waals surface area (Å²) in [7, 11) is 0. The van der Waals surface area contributed by atoms with Gasteiger partial charge in [0.1, 0.15) is 11.4 Å². The number of hydrogen-bond donors (Lipinski definition) is 0. The highest BCUT2D eigenvalue weighted by atomic mass is 19.1. The van der Waals surface area contributed by atoms with Crippen LogP contribution in [-0.2, 0) is 0 Å². The van der Waals surface area contributed by atoms with Gasteiger partial charge in [0, 0.05) is 28.2 Å². The Morgan fingerprint density at radius 1 is 0.857 bits per heavy atom. The molecule has 3 aromatic heterocycles. The number of hydrogen-bond acceptors (Lipinski definition) is 3. The summed E-state index contributed by atoms with van der Waals surface area (Å²) in [6, 6.07) is 18.6. The lowest BCUT2D eigenvalue weighted by Gasteiger charge is -2.08. The first-order valence-electron chi connectivity index (χ1n) is 9.12. The molecule has 3 nitrogen and oxygen atoms in total. The third-order valence-electron chi connectivity index (χ3n) is 5.03. The summed E-state index contributed by atoms with van der Waals surface area (Å²) in [6.45, 7) is 3.99. The molecule has 0 amide bonds. The summed E-state index contributed by atoms with van der Waals surface area (Å²) in [5.41, 5.74) is 6.83. The Bertz CT molecular complexity index is 1350. The summed E-state index contributed by atoms with van der Waals surface area (Å²) in [5.74, 6) is -0.257. The van der Waals surface area contributed by atoms with Crippen LogP contribution in [0.4, 0.5) is 4.39 Å². The average Bonchev–Trinajstić information content (AvgIpc) is 3.05. The molecule has 0 atom stereocenters. The molecule has 0 aliphatic heterocycles. The van der Waals surface area contributed by atoms with Crippen molar-refractivity contribution in [2.24, 2.45) is 0 Å². The van der Waals surface area contributed by atoms with E-state index in [1.54, 1.807) is 12.3 Å². The molecule has 0 fully saturated rings. The van der Waals surface area contributed by atoms with Crippen molar-refractivity contribution in [2.45, 2.75) is 13.8 Å². The third kappa shape index (κ3) is 2.65. The van der Waals surface area contributed by atoms with Crippen LogP contribution in [0.5, 0.6) is 0 Å². The highest BCUT2D eigenvalue weighted by Crippen LogP contribution is 2.37. The molecule has 0 unspecified atom stereocenters. The zero-order valence-electron chi connectivity index (χ0n) is 15.5. The number of nitrogens with zero attached hydrogens (tertiary/aromatic N) is 2. The first-order valence-corrected chi connectivity index (χ1v) is 9.12. The maximum atomic E-state index is 13.7. The van der Waals surface area contributed by atoms with Crippen molar-refractivity contribution in [2.75, 3.05) is 0 Å². The van der Waals surface area contributed by atoms with E-state index in [0.717, 1.165) is 50.0 Å². The first kappa shape index (κ1) is 16.6. The Morgan fingerprint density at radius 3 is 2.54 bits per heavy atom. The summed E-state index contributed by atoms with van der Waals surface area (Å²) < 4.78 is 19.8. The van der Waals surface area contributed by atoms with E-state index in [9.17, 15) is 4.39 Å². The van der Waals surface area contributed by atoms with Crippen LogP contribution < -0.4 is 0 Å². The number of halogens is 1. The highest BCUT2D eigenvalue weighted by molar-refractivity contribution is 6.09. The van der Waals surface area contributed by atoms with Crippen LogP contribution in [0.15, 0.2) is 71.3 Å². The van der Waals surface area contributed by atoms with E-state index in [-0.39, 0.29) is 5.82 Å². The minimum atomic E-state index is -0.257. The summed E-state index contributed by atoms with van der Waals surface area (Å²) in [5, 5.41) is 2.00. The lowest BCUT2D eigenvalue weighted by Crippen LogP contribution is -1.89. The molecule has 0 bridgehead atoms. The smallest absolute Gasteiger partial charge is 0.227 e. The quantitative estimate of drug-likeness (QED) is 0.359. The van der Waals surface area contributed by atoms with Gasteiger partial charge in [-0.3, -0.25) is 4.98 Å². The standard InChI is InChI=1S/C24H17FN2O/c1-14-6-8-19-20-9-7-15(2)27-24(20)28-23(19)22(14)21-13-17(10-11-26-21)16-4-3-5-18(25)12-16/h3-13H,1-2H3. The van der Waals surface area contributed by atoms with Gasteiger partial charge in [0.05, 0.1) is 5.69 Å². The number of aromatic nitrogens is 2. The maximum Gasteiger partial charge on any atom is 0.227 e. The van der Waals surface area contributed by atoms with E-state index < -0.39 is 0 Å². The van der Waals surface area contributed by atoms with Crippen LogP contribution in [0, 0.1) is 19.7 Å². The molecule has 4 heteroatoms. The minimum Gasteiger partial charge on any atom is -0.437 e. The number of fused-ring (bicyclic) bond motifs is 3. The molecule has 0 saturated carbocycles. The second-order valence-corrected chi connectivity index (χ2v) is 6.98. The Morgan fingerprint density at radius 2 is 1.68 bits per heavy atom. The predicted molar refractivity (Wildman–Crippen MR) is 110 cm³/mol. The van der Waals surface area contributed by atoms with Crippen LogP contribution in [0.25, 0.3) is 44.5 Å². The maximum absolute atomic E-state index is 13.7. The Kier molecular flexibility index (Phi) is 3.72.